The zero-order valence-electron chi connectivity index (χ0n) is 11.7. The third-order valence-corrected chi connectivity index (χ3v) is 1.97. The van der Waals surface area contributed by atoms with E-state index in [1.165, 1.54) is 0 Å². The van der Waals surface area contributed by atoms with Crippen molar-refractivity contribution in [2.45, 2.75) is 58.8 Å². The number of nitrogens with one attached hydrogen (secondary N) is 2. The van der Waals surface area contributed by atoms with Gasteiger partial charge in [-0.1, -0.05) is 0 Å². The van der Waals surface area contributed by atoms with Crippen molar-refractivity contribution in [2.75, 3.05) is 20.6 Å². The average Bonchev–Trinajstić information content (AvgIpc) is 1.73. The molecule has 3 heteroatoms. The Labute approximate surface area is 95.6 Å². The Kier molecular flexibility index (Phi) is 5.24. The monoisotopic (exact) mass is 215 g/mol. The second-order valence-electron chi connectivity index (χ2n) is 6.38. The van der Waals surface area contributed by atoms with Crippen LogP contribution in [-0.2, 0) is 0 Å². The largest absolute Gasteiger partial charge is 0.308 e. The fraction of sp³-hybridized carbons (Fsp3) is 1.00. The van der Waals surface area contributed by atoms with Gasteiger partial charge >= 0.3 is 0 Å². The summed E-state index contributed by atoms with van der Waals surface area (Å²) in [6, 6.07) is 0. The van der Waals surface area contributed by atoms with Crippen LogP contribution >= 0.6 is 0 Å². The second kappa shape index (κ2) is 5.28. The van der Waals surface area contributed by atoms with E-state index in [1.54, 1.807) is 0 Å². The molecule has 92 valence electrons. The molecule has 0 bridgehead atoms. The van der Waals surface area contributed by atoms with Crippen LogP contribution in [0.4, 0.5) is 0 Å². The summed E-state index contributed by atoms with van der Waals surface area (Å²) in [7, 11) is 4.20. The molecule has 0 fully saturated rings. The second-order valence-corrected chi connectivity index (χ2v) is 6.38. The molecule has 0 saturated carbocycles. The van der Waals surface area contributed by atoms with Crippen molar-refractivity contribution < 1.29 is 0 Å². The summed E-state index contributed by atoms with van der Waals surface area (Å²) in [6.45, 7) is 14.2. The standard InChI is InChI=1S/C12H29N3/c1-10(13-11(2,3)4)14-12(5,6)9-15(7)8/h10,13-14H,9H2,1-8H3. The Morgan fingerprint density at radius 1 is 1.00 bits per heavy atom. The maximum absolute atomic E-state index is 3.59. The first kappa shape index (κ1) is 14.9. The highest BCUT2D eigenvalue weighted by Gasteiger charge is 2.22. The molecule has 1 atom stereocenters. The van der Waals surface area contributed by atoms with Crippen LogP contribution in [0.15, 0.2) is 0 Å². The van der Waals surface area contributed by atoms with E-state index in [-0.39, 0.29) is 11.1 Å². The van der Waals surface area contributed by atoms with Gasteiger partial charge in [0.2, 0.25) is 0 Å². The van der Waals surface area contributed by atoms with Gasteiger partial charge in [-0.15, -0.1) is 0 Å². The van der Waals surface area contributed by atoms with E-state index in [9.17, 15) is 0 Å². The lowest BCUT2D eigenvalue weighted by Gasteiger charge is -2.36. The lowest BCUT2D eigenvalue weighted by molar-refractivity contribution is 0.217. The smallest absolute Gasteiger partial charge is 0.0550 e. The molecule has 0 aliphatic rings. The van der Waals surface area contributed by atoms with E-state index >= 15 is 0 Å². The van der Waals surface area contributed by atoms with Crippen molar-refractivity contribution in [1.29, 1.82) is 0 Å². The first-order valence-corrected chi connectivity index (χ1v) is 5.72. The maximum atomic E-state index is 3.59. The molecule has 0 heterocycles. The Morgan fingerprint density at radius 3 is 1.80 bits per heavy atom. The predicted octanol–water partition coefficient (Wildman–Crippen LogP) is 1.65. The number of likely N-dealkylation sites (N-methyl/N-ethyl adjacent to an activating group) is 1. The normalized spacial score (nSPS) is 15.8. The number of rotatable bonds is 5. The molecule has 0 aliphatic heterocycles. The molecule has 0 spiro atoms. The van der Waals surface area contributed by atoms with Crippen LogP contribution in [-0.4, -0.2) is 42.8 Å². The van der Waals surface area contributed by atoms with Crippen molar-refractivity contribution in [3.63, 3.8) is 0 Å². The third-order valence-electron chi connectivity index (χ3n) is 1.97. The Morgan fingerprint density at radius 2 is 1.47 bits per heavy atom. The molecule has 0 saturated heterocycles. The van der Waals surface area contributed by atoms with E-state index in [0.717, 1.165) is 6.54 Å². The lowest BCUT2D eigenvalue weighted by Crippen LogP contribution is -2.58. The summed E-state index contributed by atoms with van der Waals surface area (Å²) in [5.41, 5.74) is 0.280. The molecule has 0 aliphatic carbocycles. The van der Waals surface area contributed by atoms with Gasteiger partial charge in [-0.3, -0.25) is 10.6 Å². The molecule has 15 heavy (non-hydrogen) atoms. The molecular formula is C12H29N3. The van der Waals surface area contributed by atoms with Gasteiger partial charge in [-0.2, -0.15) is 0 Å². The quantitative estimate of drug-likeness (QED) is 0.683. The molecular weight excluding hydrogens is 186 g/mol. The average molecular weight is 215 g/mol. The van der Waals surface area contributed by atoms with Crippen LogP contribution in [0.25, 0.3) is 0 Å². The molecule has 0 amide bonds. The Balaban J connectivity index is 4.10. The highest BCUT2D eigenvalue weighted by molar-refractivity contribution is 4.84. The van der Waals surface area contributed by atoms with Gasteiger partial charge in [0.15, 0.2) is 0 Å². The number of nitrogens with zero attached hydrogens (tertiary/aromatic N) is 1. The minimum Gasteiger partial charge on any atom is -0.308 e. The lowest BCUT2D eigenvalue weighted by atomic mass is 10.0. The van der Waals surface area contributed by atoms with Crippen LogP contribution in [0.3, 0.4) is 0 Å². The number of hydrogen-bond acceptors (Lipinski definition) is 3. The Hall–Kier alpha value is -0.120. The summed E-state index contributed by atoms with van der Waals surface area (Å²) >= 11 is 0. The summed E-state index contributed by atoms with van der Waals surface area (Å²) < 4.78 is 0. The fourth-order valence-electron chi connectivity index (χ4n) is 2.11. The highest BCUT2D eigenvalue weighted by Crippen LogP contribution is 2.06. The highest BCUT2D eigenvalue weighted by atomic mass is 15.2. The van der Waals surface area contributed by atoms with Gasteiger partial charge in [0.05, 0.1) is 6.17 Å². The predicted molar refractivity (Wildman–Crippen MR) is 68.1 cm³/mol. The van der Waals surface area contributed by atoms with Gasteiger partial charge < -0.3 is 4.90 Å². The van der Waals surface area contributed by atoms with E-state index in [4.69, 9.17) is 0 Å². The van der Waals surface area contributed by atoms with E-state index in [2.05, 4.69) is 71.2 Å². The fourth-order valence-corrected chi connectivity index (χ4v) is 2.11. The molecule has 3 nitrogen and oxygen atoms in total. The molecule has 0 aromatic heterocycles. The van der Waals surface area contributed by atoms with Gasteiger partial charge in [0.1, 0.15) is 0 Å². The molecule has 2 N–H and O–H groups in total. The summed E-state index contributed by atoms with van der Waals surface area (Å²) in [5.74, 6) is 0. The third kappa shape index (κ3) is 8.85. The van der Waals surface area contributed by atoms with Crippen molar-refractivity contribution in [2.24, 2.45) is 0 Å². The summed E-state index contributed by atoms with van der Waals surface area (Å²) in [4.78, 5) is 2.21. The minimum atomic E-state index is 0.126. The molecule has 0 radical (unpaired) electrons. The SMILES string of the molecule is CC(NC(C)(C)C)NC(C)(C)CN(C)C. The molecule has 1 unspecified atom stereocenters. The maximum Gasteiger partial charge on any atom is 0.0550 e. The molecule has 0 aromatic carbocycles. The minimum absolute atomic E-state index is 0.126. The zero-order valence-corrected chi connectivity index (χ0v) is 11.7. The van der Waals surface area contributed by atoms with Gasteiger partial charge in [-0.05, 0) is 55.6 Å². The van der Waals surface area contributed by atoms with Crippen molar-refractivity contribution in [1.82, 2.24) is 15.5 Å². The van der Waals surface area contributed by atoms with Crippen molar-refractivity contribution in [3.8, 4) is 0 Å². The first-order valence-electron chi connectivity index (χ1n) is 5.72. The molecule has 0 rings (SSSR count). The van der Waals surface area contributed by atoms with Crippen molar-refractivity contribution >= 4 is 0 Å². The van der Waals surface area contributed by atoms with Crippen LogP contribution in [0.1, 0.15) is 41.5 Å². The summed E-state index contributed by atoms with van der Waals surface area (Å²) in [5, 5.41) is 7.11. The van der Waals surface area contributed by atoms with E-state index in [1.807, 2.05) is 0 Å². The van der Waals surface area contributed by atoms with Crippen LogP contribution in [0.2, 0.25) is 0 Å². The first-order chi connectivity index (χ1) is 6.52. The van der Waals surface area contributed by atoms with E-state index in [0.29, 0.717) is 6.17 Å². The summed E-state index contributed by atoms with van der Waals surface area (Å²) in [6.07, 6.45) is 0.319. The van der Waals surface area contributed by atoms with E-state index < -0.39 is 0 Å². The van der Waals surface area contributed by atoms with Gasteiger partial charge in [0.25, 0.3) is 0 Å². The zero-order chi connectivity index (χ0) is 12.3. The van der Waals surface area contributed by atoms with Crippen molar-refractivity contribution in [3.05, 3.63) is 0 Å². The number of hydrogen-bond donors (Lipinski definition) is 2. The van der Waals surface area contributed by atoms with Gasteiger partial charge in [-0.25, -0.2) is 0 Å². The van der Waals surface area contributed by atoms with Gasteiger partial charge in [0, 0.05) is 17.6 Å². The Bertz CT molecular complexity index is 180. The topological polar surface area (TPSA) is 27.3 Å². The molecule has 0 aromatic rings. The van der Waals surface area contributed by atoms with Crippen LogP contribution in [0.5, 0.6) is 0 Å². The van der Waals surface area contributed by atoms with Crippen LogP contribution in [0, 0.1) is 0 Å². The van der Waals surface area contributed by atoms with Crippen LogP contribution < -0.4 is 10.6 Å².